The van der Waals surface area contributed by atoms with E-state index in [1.54, 1.807) is 24.3 Å². The molecule has 1 rings (SSSR count). The van der Waals surface area contributed by atoms with Crippen LogP contribution < -0.4 is 10.6 Å². The number of esters is 1. The lowest BCUT2D eigenvalue weighted by atomic mass is 10.2. The fraction of sp³-hybridized carbons (Fsp3) is 0.312. The zero-order valence-electron chi connectivity index (χ0n) is 12.6. The summed E-state index contributed by atoms with van der Waals surface area (Å²) in [4.78, 5) is 33.9. The van der Waals surface area contributed by atoms with Crippen molar-refractivity contribution in [3.05, 3.63) is 36.9 Å². The molecule has 22 heavy (non-hydrogen) atoms. The van der Waals surface area contributed by atoms with Gasteiger partial charge in [0.15, 0.2) is 0 Å². The molecule has 1 aromatic carbocycles. The van der Waals surface area contributed by atoms with Crippen LogP contribution in [0.3, 0.4) is 0 Å². The SMILES string of the molecule is C=CC(=O)Nc1cccc(NC(=O)CCCCC(=O)OC)c1. The largest absolute Gasteiger partial charge is 0.469 e. The maximum Gasteiger partial charge on any atom is 0.305 e. The molecule has 6 nitrogen and oxygen atoms in total. The molecule has 0 spiro atoms. The van der Waals surface area contributed by atoms with Gasteiger partial charge in [0.05, 0.1) is 7.11 Å². The summed E-state index contributed by atoms with van der Waals surface area (Å²) in [6.07, 6.45) is 3.02. The average Bonchev–Trinajstić information content (AvgIpc) is 2.51. The van der Waals surface area contributed by atoms with Gasteiger partial charge in [-0.3, -0.25) is 14.4 Å². The lowest BCUT2D eigenvalue weighted by molar-refractivity contribution is -0.140. The first kappa shape index (κ1) is 17.4. The number of anilines is 2. The van der Waals surface area contributed by atoms with Crippen LogP contribution in [0.1, 0.15) is 25.7 Å². The number of ether oxygens (including phenoxy) is 1. The van der Waals surface area contributed by atoms with Crippen molar-refractivity contribution in [1.82, 2.24) is 0 Å². The van der Waals surface area contributed by atoms with E-state index in [9.17, 15) is 14.4 Å². The van der Waals surface area contributed by atoms with Crippen LogP contribution in [0.5, 0.6) is 0 Å². The van der Waals surface area contributed by atoms with Gasteiger partial charge in [-0.1, -0.05) is 12.6 Å². The Labute approximate surface area is 129 Å². The maximum absolute atomic E-state index is 11.8. The van der Waals surface area contributed by atoms with E-state index >= 15 is 0 Å². The van der Waals surface area contributed by atoms with Crippen molar-refractivity contribution in [3.8, 4) is 0 Å². The molecule has 0 aliphatic heterocycles. The number of hydrogen-bond donors (Lipinski definition) is 2. The Balaban J connectivity index is 2.41. The van der Waals surface area contributed by atoms with Crippen molar-refractivity contribution >= 4 is 29.2 Å². The predicted molar refractivity (Wildman–Crippen MR) is 84.4 cm³/mol. The van der Waals surface area contributed by atoms with Gasteiger partial charge in [-0.25, -0.2) is 0 Å². The Bertz CT molecular complexity index is 555. The molecule has 0 fully saturated rings. The molecule has 0 heterocycles. The number of hydrogen-bond acceptors (Lipinski definition) is 4. The molecular weight excluding hydrogens is 284 g/mol. The van der Waals surface area contributed by atoms with Gasteiger partial charge in [-0.15, -0.1) is 0 Å². The fourth-order valence-corrected chi connectivity index (χ4v) is 1.75. The summed E-state index contributed by atoms with van der Waals surface area (Å²) in [6, 6.07) is 6.84. The molecule has 0 aliphatic carbocycles. The van der Waals surface area contributed by atoms with Crippen molar-refractivity contribution in [2.24, 2.45) is 0 Å². The summed E-state index contributed by atoms with van der Waals surface area (Å²) >= 11 is 0. The number of rotatable bonds is 8. The topological polar surface area (TPSA) is 84.5 Å². The van der Waals surface area contributed by atoms with Gasteiger partial charge in [-0.2, -0.15) is 0 Å². The fourth-order valence-electron chi connectivity index (χ4n) is 1.75. The summed E-state index contributed by atoms with van der Waals surface area (Å²) in [5, 5.41) is 5.36. The van der Waals surface area contributed by atoms with Crippen LogP contribution >= 0.6 is 0 Å². The van der Waals surface area contributed by atoms with Crippen LogP contribution in [0.2, 0.25) is 0 Å². The Morgan fingerprint density at radius 1 is 1.14 bits per heavy atom. The molecule has 1 aromatic rings. The molecule has 0 bridgehead atoms. The van der Waals surface area contributed by atoms with Crippen LogP contribution in [0, 0.1) is 0 Å². The third kappa shape index (κ3) is 6.69. The second-order valence-corrected chi connectivity index (χ2v) is 4.61. The molecule has 2 amide bonds. The van der Waals surface area contributed by atoms with E-state index in [0.717, 1.165) is 0 Å². The monoisotopic (exact) mass is 304 g/mol. The van der Waals surface area contributed by atoms with Gasteiger partial charge in [-0.05, 0) is 37.1 Å². The number of methoxy groups -OCH3 is 1. The third-order valence-corrected chi connectivity index (χ3v) is 2.86. The highest BCUT2D eigenvalue weighted by Gasteiger charge is 2.05. The predicted octanol–water partition coefficient (Wildman–Crippen LogP) is 2.48. The Kier molecular flexibility index (Phi) is 7.39. The minimum Gasteiger partial charge on any atom is -0.469 e. The Hall–Kier alpha value is -2.63. The van der Waals surface area contributed by atoms with E-state index in [4.69, 9.17) is 0 Å². The zero-order valence-corrected chi connectivity index (χ0v) is 12.6. The van der Waals surface area contributed by atoms with Gasteiger partial charge in [0.2, 0.25) is 11.8 Å². The lowest BCUT2D eigenvalue weighted by Crippen LogP contribution is -2.12. The highest BCUT2D eigenvalue weighted by atomic mass is 16.5. The van der Waals surface area contributed by atoms with Crippen LogP contribution in [0.25, 0.3) is 0 Å². The maximum atomic E-state index is 11.8. The summed E-state index contributed by atoms with van der Waals surface area (Å²) in [7, 11) is 1.34. The molecule has 0 atom stereocenters. The summed E-state index contributed by atoms with van der Waals surface area (Å²) in [5.74, 6) is -0.727. The van der Waals surface area contributed by atoms with Crippen LogP contribution in [0.15, 0.2) is 36.9 Å². The Morgan fingerprint density at radius 2 is 1.77 bits per heavy atom. The van der Waals surface area contributed by atoms with Gasteiger partial charge >= 0.3 is 5.97 Å². The molecule has 0 radical (unpaired) electrons. The minimum atomic E-state index is -0.314. The second-order valence-electron chi connectivity index (χ2n) is 4.61. The first-order chi connectivity index (χ1) is 10.5. The van der Waals surface area contributed by atoms with E-state index in [-0.39, 0.29) is 17.8 Å². The number of carbonyl (C=O) groups is 3. The minimum absolute atomic E-state index is 0.142. The van der Waals surface area contributed by atoms with E-state index in [0.29, 0.717) is 37.1 Å². The quantitative estimate of drug-likeness (QED) is 0.439. The molecular formula is C16H20N2O4. The molecule has 0 aliphatic rings. The first-order valence-electron chi connectivity index (χ1n) is 6.95. The van der Waals surface area contributed by atoms with Gasteiger partial charge < -0.3 is 15.4 Å². The second kappa shape index (κ2) is 9.33. The average molecular weight is 304 g/mol. The van der Waals surface area contributed by atoms with E-state index in [1.165, 1.54) is 13.2 Å². The summed E-state index contributed by atoms with van der Waals surface area (Å²) in [5.41, 5.74) is 1.17. The number of carbonyl (C=O) groups excluding carboxylic acids is 3. The Morgan fingerprint density at radius 3 is 2.41 bits per heavy atom. The van der Waals surface area contributed by atoms with E-state index < -0.39 is 0 Å². The van der Waals surface area contributed by atoms with Crippen LogP contribution in [-0.2, 0) is 19.1 Å². The number of nitrogens with one attached hydrogen (secondary N) is 2. The molecule has 0 saturated heterocycles. The van der Waals surface area contributed by atoms with Crippen LogP contribution in [0.4, 0.5) is 11.4 Å². The van der Waals surface area contributed by atoms with Crippen molar-refractivity contribution < 1.29 is 19.1 Å². The van der Waals surface area contributed by atoms with Crippen molar-refractivity contribution in [3.63, 3.8) is 0 Å². The van der Waals surface area contributed by atoms with E-state index in [2.05, 4.69) is 21.9 Å². The molecule has 0 aromatic heterocycles. The molecule has 118 valence electrons. The van der Waals surface area contributed by atoms with Crippen molar-refractivity contribution in [2.75, 3.05) is 17.7 Å². The molecule has 0 unspecified atom stereocenters. The van der Waals surface area contributed by atoms with Gasteiger partial charge in [0.1, 0.15) is 0 Å². The standard InChI is InChI=1S/C16H20N2O4/c1-3-14(19)17-12-7-6-8-13(11-12)18-15(20)9-4-5-10-16(21)22-2/h3,6-8,11H,1,4-5,9-10H2,2H3,(H,17,19)(H,18,20). The molecule has 2 N–H and O–H groups in total. The number of benzene rings is 1. The van der Waals surface area contributed by atoms with Crippen molar-refractivity contribution in [2.45, 2.75) is 25.7 Å². The molecule has 0 saturated carbocycles. The van der Waals surface area contributed by atoms with E-state index in [1.807, 2.05) is 0 Å². The zero-order chi connectivity index (χ0) is 16.4. The smallest absolute Gasteiger partial charge is 0.305 e. The van der Waals surface area contributed by atoms with Crippen molar-refractivity contribution in [1.29, 1.82) is 0 Å². The van der Waals surface area contributed by atoms with Gasteiger partial charge in [0, 0.05) is 24.2 Å². The third-order valence-electron chi connectivity index (χ3n) is 2.86. The molecule has 6 heteroatoms. The van der Waals surface area contributed by atoms with Crippen LogP contribution in [-0.4, -0.2) is 24.9 Å². The number of unbranched alkanes of at least 4 members (excludes halogenated alkanes) is 1. The summed E-state index contributed by atoms with van der Waals surface area (Å²) < 4.78 is 4.53. The highest BCUT2D eigenvalue weighted by Crippen LogP contribution is 2.15. The number of amides is 2. The normalized spacial score (nSPS) is 9.68. The van der Waals surface area contributed by atoms with Gasteiger partial charge in [0.25, 0.3) is 0 Å². The lowest BCUT2D eigenvalue weighted by Gasteiger charge is -2.08. The summed E-state index contributed by atoms with van der Waals surface area (Å²) in [6.45, 7) is 3.37. The first-order valence-corrected chi connectivity index (χ1v) is 6.95. The highest BCUT2D eigenvalue weighted by molar-refractivity contribution is 5.99.